The number of nitrogens with zero attached hydrogens (tertiary/aromatic N) is 2. The summed E-state index contributed by atoms with van der Waals surface area (Å²) in [6, 6.07) is 0.318. The van der Waals surface area contributed by atoms with Crippen LogP contribution in [0.5, 0.6) is 0 Å². The third-order valence-electron chi connectivity index (χ3n) is 3.06. The van der Waals surface area contributed by atoms with Gasteiger partial charge in [-0.3, -0.25) is 4.99 Å². The predicted octanol–water partition coefficient (Wildman–Crippen LogP) is 3.36. The molecule has 24 heavy (non-hydrogen) atoms. The van der Waals surface area contributed by atoms with Crippen molar-refractivity contribution < 1.29 is 9.53 Å². The Bertz CT molecular complexity index is 423. The highest BCUT2D eigenvalue weighted by molar-refractivity contribution is 14.0. The fourth-order valence-corrected chi connectivity index (χ4v) is 2.06. The molecule has 0 aromatic rings. The van der Waals surface area contributed by atoms with Crippen LogP contribution >= 0.6 is 24.0 Å². The second-order valence-electron chi connectivity index (χ2n) is 8.04. The molecule has 7 heteroatoms. The van der Waals surface area contributed by atoms with Gasteiger partial charge in [-0.2, -0.15) is 0 Å². The van der Waals surface area contributed by atoms with E-state index < -0.39 is 5.60 Å². The number of rotatable bonds is 5. The molecule has 1 amide bonds. The van der Waals surface area contributed by atoms with Crippen molar-refractivity contribution in [2.45, 2.75) is 78.5 Å². The summed E-state index contributed by atoms with van der Waals surface area (Å²) in [5.41, 5.74) is -0.515. The van der Waals surface area contributed by atoms with Crippen LogP contribution in [0.15, 0.2) is 4.99 Å². The summed E-state index contributed by atoms with van der Waals surface area (Å²) in [5.74, 6) is 0.778. The number of carbonyl (C=O) groups is 1. The molecule has 1 rings (SSSR count). The molecular formula is C17H35IN4O2. The number of aliphatic imine (C=N–C) groups is 1. The lowest BCUT2D eigenvalue weighted by Gasteiger charge is -2.27. The number of hydrogen-bond donors (Lipinski definition) is 2. The van der Waals surface area contributed by atoms with Gasteiger partial charge in [0.05, 0.1) is 6.54 Å². The third kappa shape index (κ3) is 10.2. The summed E-state index contributed by atoms with van der Waals surface area (Å²) in [6.45, 7) is 15.9. The molecule has 0 atom stereocenters. The van der Waals surface area contributed by atoms with Crippen molar-refractivity contribution in [3.8, 4) is 0 Å². The van der Waals surface area contributed by atoms with Crippen LogP contribution in [-0.2, 0) is 4.74 Å². The first-order valence-electron chi connectivity index (χ1n) is 8.58. The van der Waals surface area contributed by atoms with E-state index in [-0.39, 0.29) is 35.6 Å². The monoisotopic (exact) mass is 454 g/mol. The lowest BCUT2D eigenvalue weighted by Crippen LogP contribution is -2.48. The van der Waals surface area contributed by atoms with Gasteiger partial charge in [-0.25, -0.2) is 4.79 Å². The molecule has 0 saturated heterocycles. The molecule has 0 heterocycles. The van der Waals surface area contributed by atoms with Gasteiger partial charge in [-0.1, -0.05) is 0 Å². The summed E-state index contributed by atoms with van der Waals surface area (Å²) < 4.78 is 5.49. The van der Waals surface area contributed by atoms with E-state index in [4.69, 9.17) is 4.74 Å². The van der Waals surface area contributed by atoms with Crippen LogP contribution in [-0.4, -0.2) is 53.8 Å². The number of halogens is 1. The maximum Gasteiger partial charge on any atom is 0.410 e. The van der Waals surface area contributed by atoms with E-state index in [0.717, 1.165) is 25.3 Å². The Morgan fingerprint density at radius 3 is 2.21 bits per heavy atom. The molecule has 0 spiro atoms. The molecule has 0 aliphatic heterocycles. The number of guanidine groups is 1. The quantitative estimate of drug-likeness (QED) is 0.380. The molecule has 1 aliphatic rings. The standard InChI is InChI=1S/C17H34N4O2.HI/c1-8-18-14(20-16(2,3)4)19-11-12-21(13-9-10-13)15(22)23-17(5,6)7;/h13H,8-12H2,1-7H3,(H2,18,19,20);1H. The molecule has 0 aromatic heterocycles. The van der Waals surface area contributed by atoms with Crippen LogP contribution in [0.1, 0.15) is 61.3 Å². The number of hydrogen-bond acceptors (Lipinski definition) is 3. The van der Waals surface area contributed by atoms with Gasteiger partial charge >= 0.3 is 6.09 Å². The van der Waals surface area contributed by atoms with E-state index in [1.54, 1.807) is 0 Å². The molecule has 1 fully saturated rings. The van der Waals surface area contributed by atoms with Crippen molar-refractivity contribution in [3.63, 3.8) is 0 Å². The fourth-order valence-electron chi connectivity index (χ4n) is 2.06. The molecule has 0 bridgehead atoms. The third-order valence-corrected chi connectivity index (χ3v) is 3.06. The highest BCUT2D eigenvalue weighted by atomic mass is 127. The molecule has 6 nitrogen and oxygen atoms in total. The topological polar surface area (TPSA) is 66.0 Å². The first-order chi connectivity index (χ1) is 10.5. The molecule has 0 aromatic carbocycles. The normalized spacial score (nSPS) is 15.4. The van der Waals surface area contributed by atoms with Gasteiger partial charge in [0.2, 0.25) is 0 Å². The largest absolute Gasteiger partial charge is 0.444 e. The minimum Gasteiger partial charge on any atom is -0.444 e. The minimum absolute atomic E-state index is 0. The Morgan fingerprint density at radius 1 is 1.21 bits per heavy atom. The number of amides is 1. The van der Waals surface area contributed by atoms with E-state index in [1.165, 1.54) is 0 Å². The van der Waals surface area contributed by atoms with Gasteiger partial charge in [0.15, 0.2) is 5.96 Å². The van der Waals surface area contributed by atoms with Crippen molar-refractivity contribution in [3.05, 3.63) is 0 Å². The van der Waals surface area contributed by atoms with E-state index in [2.05, 4.69) is 36.4 Å². The highest BCUT2D eigenvalue weighted by Crippen LogP contribution is 2.28. The molecule has 2 N–H and O–H groups in total. The average molecular weight is 454 g/mol. The number of carbonyl (C=O) groups excluding carboxylic acids is 1. The van der Waals surface area contributed by atoms with Crippen LogP contribution in [0.3, 0.4) is 0 Å². The molecule has 0 unspecified atom stereocenters. The highest BCUT2D eigenvalue weighted by Gasteiger charge is 2.34. The van der Waals surface area contributed by atoms with E-state index in [1.807, 2.05) is 32.6 Å². The van der Waals surface area contributed by atoms with Gasteiger partial charge in [-0.15, -0.1) is 24.0 Å². The Morgan fingerprint density at radius 2 is 1.79 bits per heavy atom. The van der Waals surface area contributed by atoms with Crippen molar-refractivity contribution in [2.24, 2.45) is 4.99 Å². The maximum absolute atomic E-state index is 12.3. The Kier molecular flexibility index (Phi) is 9.38. The smallest absolute Gasteiger partial charge is 0.410 e. The van der Waals surface area contributed by atoms with E-state index in [0.29, 0.717) is 19.1 Å². The summed E-state index contributed by atoms with van der Waals surface area (Å²) in [7, 11) is 0. The minimum atomic E-state index is -0.462. The van der Waals surface area contributed by atoms with E-state index in [9.17, 15) is 4.79 Å². The zero-order valence-corrected chi connectivity index (χ0v) is 18.6. The van der Waals surface area contributed by atoms with Crippen molar-refractivity contribution in [1.82, 2.24) is 15.5 Å². The van der Waals surface area contributed by atoms with Crippen molar-refractivity contribution in [1.29, 1.82) is 0 Å². The SMILES string of the molecule is CCNC(=NCCN(C(=O)OC(C)(C)C)C1CC1)NC(C)(C)C.I. The van der Waals surface area contributed by atoms with Crippen LogP contribution in [0.25, 0.3) is 0 Å². The van der Waals surface area contributed by atoms with Crippen LogP contribution in [0.2, 0.25) is 0 Å². The van der Waals surface area contributed by atoms with Gasteiger partial charge in [-0.05, 0) is 61.3 Å². The molecule has 142 valence electrons. The van der Waals surface area contributed by atoms with Gasteiger partial charge in [0.1, 0.15) is 5.60 Å². The zero-order valence-electron chi connectivity index (χ0n) is 16.2. The second-order valence-corrected chi connectivity index (χ2v) is 8.04. The first-order valence-corrected chi connectivity index (χ1v) is 8.58. The van der Waals surface area contributed by atoms with Crippen LogP contribution < -0.4 is 10.6 Å². The van der Waals surface area contributed by atoms with Gasteiger partial charge in [0, 0.05) is 24.7 Å². The number of nitrogens with one attached hydrogen (secondary N) is 2. The summed E-state index contributed by atoms with van der Waals surface area (Å²) in [4.78, 5) is 18.7. The number of ether oxygens (including phenoxy) is 1. The Hall–Kier alpha value is -0.730. The fraction of sp³-hybridized carbons (Fsp3) is 0.882. The predicted molar refractivity (Wildman–Crippen MR) is 110 cm³/mol. The van der Waals surface area contributed by atoms with Crippen molar-refractivity contribution in [2.75, 3.05) is 19.6 Å². The summed E-state index contributed by atoms with van der Waals surface area (Å²) in [6.07, 6.45) is 1.89. The lowest BCUT2D eigenvalue weighted by atomic mass is 10.1. The zero-order chi connectivity index (χ0) is 17.7. The van der Waals surface area contributed by atoms with Crippen molar-refractivity contribution >= 4 is 36.0 Å². The molecule has 0 radical (unpaired) electrons. The Balaban J connectivity index is 0.00000529. The molecule has 1 aliphatic carbocycles. The first kappa shape index (κ1) is 23.3. The molecular weight excluding hydrogens is 419 g/mol. The van der Waals surface area contributed by atoms with E-state index >= 15 is 0 Å². The van der Waals surface area contributed by atoms with Crippen LogP contribution in [0.4, 0.5) is 4.79 Å². The second kappa shape index (κ2) is 9.68. The summed E-state index contributed by atoms with van der Waals surface area (Å²) in [5, 5.41) is 6.58. The van der Waals surface area contributed by atoms with Crippen LogP contribution in [0, 0.1) is 0 Å². The molecule has 1 saturated carbocycles. The summed E-state index contributed by atoms with van der Waals surface area (Å²) >= 11 is 0. The Labute approximate surface area is 164 Å². The lowest BCUT2D eigenvalue weighted by molar-refractivity contribution is 0.0240. The van der Waals surface area contributed by atoms with Gasteiger partial charge in [0.25, 0.3) is 0 Å². The maximum atomic E-state index is 12.3. The van der Waals surface area contributed by atoms with Gasteiger partial charge < -0.3 is 20.3 Å². The average Bonchev–Trinajstić information content (AvgIpc) is 3.14.